The number of carbonyl (C=O) groups excluding carboxylic acids is 1. The molecule has 0 unspecified atom stereocenters. The third-order valence-electron chi connectivity index (χ3n) is 4.92. The van der Waals surface area contributed by atoms with Crippen LogP contribution in [0.1, 0.15) is 70.0 Å². The molecule has 1 amide bonds. The van der Waals surface area contributed by atoms with Crippen LogP contribution in [0.2, 0.25) is 0 Å². The normalized spacial score (nSPS) is 23.4. The predicted molar refractivity (Wildman–Crippen MR) is 78.7 cm³/mol. The standard InChI is InChI=1S/C15H25N5O/c1-2-19(12-8-4-3-5-9-12)15(21)13-10-6-7-11-20-14(13)16-17-18-20/h12-13H,2-11H2,1H3/t13-/m1/s1. The van der Waals surface area contributed by atoms with Crippen molar-refractivity contribution in [3.05, 3.63) is 5.82 Å². The van der Waals surface area contributed by atoms with Gasteiger partial charge in [-0.15, -0.1) is 5.10 Å². The minimum Gasteiger partial charge on any atom is -0.339 e. The molecule has 0 radical (unpaired) electrons. The minimum absolute atomic E-state index is 0.149. The first-order valence-electron chi connectivity index (χ1n) is 8.37. The van der Waals surface area contributed by atoms with Crippen LogP contribution >= 0.6 is 0 Å². The molecule has 1 aliphatic heterocycles. The van der Waals surface area contributed by atoms with Crippen LogP contribution in [0.5, 0.6) is 0 Å². The molecule has 0 spiro atoms. The van der Waals surface area contributed by atoms with E-state index in [-0.39, 0.29) is 11.8 Å². The van der Waals surface area contributed by atoms with Crippen LogP contribution in [-0.4, -0.2) is 43.6 Å². The van der Waals surface area contributed by atoms with Crippen molar-refractivity contribution in [2.45, 2.75) is 76.8 Å². The van der Waals surface area contributed by atoms with Gasteiger partial charge in [0.1, 0.15) is 0 Å². The van der Waals surface area contributed by atoms with Crippen LogP contribution in [0.25, 0.3) is 0 Å². The van der Waals surface area contributed by atoms with Crippen molar-refractivity contribution in [3.63, 3.8) is 0 Å². The molecule has 1 atom stereocenters. The van der Waals surface area contributed by atoms with Gasteiger partial charge < -0.3 is 4.90 Å². The van der Waals surface area contributed by atoms with Crippen molar-refractivity contribution >= 4 is 5.91 Å². The summed E-state index contributed by atoms with van der Waals surface area (Å²) >= 11 is 0. The Morgan fingerprint density at radius 3 is 2.71 bits per heavy atom. The summed E-state index contributed by atoms with van der Waals surface area (Å²) < 4.78 is 1.82. The van der Waals surface area contributed by atoms with Gasteiger partial charge in [0.2, 0.25) is 5.91 Å². The maximum Gasteiger partial charge on any atom is 0.233 e. The number of aryl methyl sites for hydroxylation is 1. The smallest absolute Gasteiger partial charge is 0.233 e. The van der Waals surface area contributed by atoms with Crippen LogP contribution in [0.15, 0.2) is 0 Å². The molecule has 6 nitrogen and oxygen atoms in total. The van der Waals surface area contributed by atoms with Gasteiger partial charge in [-0.3, -0.25) is 4.79 Å². The Bertz CT molecular complexity index is 480. The molecule has 21 heavy (non-hydrogen) atoms. The van der Waals surface area contributed by atoms with Crippen molar-refractivity contribution < 1.29 is 4.79 Å². The number of aromatic nitrogens is 4. The van der Waals surface area contributed by atoms with E-state index < -0.39 is 0 Å². The van der Waals surface area contributed by atoms with Gasteiger partial charge in [-0.1, -0.05) is 25.7 Å². The Morgan fingerprint density at radius 2 is 1.95 bits per heavy atom. The summed E-state index contributed by atoms with van der Waals surface area (Å²) in [6.45, 7) is 3.72. The van der Waals surface area contributed by atoms with E-state index in [1.165, 1.54) is 19.3 Å². The monoisotopic (exact) mass is 291 g/mol. The first-order valence-corrected chi connectivity index (χ1v) is 8.37. The first kappa shape index (κ1) is 14.5. The summed E-state index contributed by atoms with van der Waals surface area (Å²) in [5.74, 6) is 0.860. The van der Waals surface area contributed by atoms with Crippen molar-refractivity contribution in [2.24, 2.45) is 0 Å². The van der Waals surface area contributed by atoms with Crippen molar-refractivity contribution in [3.8, 4) is 0 Å². The Morgan fingerprint density at radius 1 is 1.19 bits per heavy atom. The molecule has 1 saturated carbocycles. The molecule has 2 aliphatic rings. The lowest BCUT2D eigenvalue weighted by molar-refractivity contribution is -0.136. The Labute approximate surface area is 125 Å². The lowest BCUT2D eigenvalue weighted by atomic mass is 9.92. The highest BCUT2D eigenvalue weighted by molar-refractivity contribution is 5.83. The van der Waals surface area contributed by atoms with Crippen molar-refractivity contribution in [1.82, 2.24) is 25.1 Å². The van der Waals surface area contributed by atoms with E-state index in [9.17, 15) is 4.79 Å². The van der Waals surface area contributed by atoms with Crippen LogP contribution in [-0.2, 0) is 11.3 Å². The zero-order valence-electron chi connectivity index (χ0n) is 12.9. The Hall–Kier alpha value is -1.46. The van der Waals surface area contributed by atoms with Gasteiger partial charge in [0.15, 0.2) is 5.82 Å². The number of nitrogens with zero attached hydrogens (tertiary/aromatic N) is 5. The van der Waals surface area contributed by atoms with Gasteiger partial charge in [-0.2, -0.15) is 0 Å². The fraction of sp³-hybridized carbons (Fsp3) is 0.867. The molecule has 1 aromatic rings. The van der Waals surface area contributed by atoms with E-state index in [1.54, 1.807) is 0 Å². The zero-order valence-corrected chi connectivity index (χ0v) is 12.9. The van der Waals surface area contributed by atoms with E-state index >= 15 is 0 Å². The third kappa shape index (κ3) is 2.94. The molecule has 0 N–H and O–H groups in total. The van der Waals surface area contributed by atoms with Gasteiger partial charge in [0.25, 0.3) is 0 Å². The fourth-order valence-electron chi connectivity index (χ4n) is 3.78. The van der Waals surface area contributed by atoms with E-state index in [0.29, 0.717) is 6.04 Å². The SMILES string of the molecule is CCN(C(=O)[C@@H]1CCCCn2nnnc21)C1CCCCC1. The Kier molecular flexibility index (Phi) is 4.51. The zero-order chi connectivity index (χ0) is 14.7. The number of amides is 1. The van der Waals surface area contributed by atoms with Crippen LogP contribution < -0.4 is 0 Å². The molecule has 6 heteroatoms. The second-order valence-electron chi connectivity index (χ2n) is 6.22. The molecule has 0 bridgehead atoms. The summed E-state index contributed by atoms with van der Waals surface area (Å²) in [7, 11) is 0. The third-order valence-corrected chi connectivity index (χ3v) is 4.92. The number of rotatable bonds is 3. The molecular weight excluding hydrogens is 266 g/mol. The number of hydrogen-bond donors (Lipinski definition) is 0. The van der Waals surface area contributed by atoms with Crippen LogP contribution in [0, 0.1) is 0 Å². The molecule has 1 fully saturated rings. The first-order chi connectivity index (χ1) is 10.3. The van der Waals surface area contributed by atoms with Gasteiger partial charge in [-0.05, 0) is 43.0 Å². The van der Waals surface area contributed by atoms with E-state index in [0.717, 1.165) is 51.0 Å². The number of likely N-dealkylation sites (N-methyl/N-ethyl adjacent to an activating group) is 1. The van der Waals surface area contributed by atoms with Gasteiger partial charge >= 0.3 is 0 Å². The predicted octanol–water partition coefficient (Wildman–Crippen LogP) is 2.12. The van der Waals surface area contributed by atoms with Crippen LogP contribution in [0.3, 0.4) is 0 Å². The lowest BCUT2D eigenvalue weighted by Gasteiger charge is -2.35. The molecule has 2 heterocycles. The average molecular weight is 291 g/mol. The second kappa shape index (κ2) is 6.54. The summed E-state index contributed by atoms with van der Waals surface area (Å²) in [5, 5.41) is 11.9. The topological polar surface area (TPSA) is 63.9 Å². The molecule has 1 aromatic heterocycles. The van der Waals surface area contributed by atoms with Gasteiger partial charge in [0, 0.05) is 19.1 Å². The number of carbonyl (C=O) groups is 1. The van der Waals surface area contributed by atoms with Crippen molar-refractivity contribution in [2.75, 3.05) is 6.54 Å². The molecule has 0 aromatic carbocycles. The van der Waals surface area contributed by atoms with E-state index in [1.807, 2.05) is 4.68 Å². The molecule has 1 aliphatic carbocycles. The molecular formula is C15H25N5O. The number of hydrogen-bond acceptors (Lipinski definition) is 4. The van der Waals surface area contributed by atoms with Crippen LogP contribution in [0.4, 0.5) is 0 Å². The summed E-state index contributed by atoms with van der Waals surface area (Å²) in [6, 6.07) is 0.420. The highest BCUT2D eigenvalue weighted by atomic mass is 16.2. The largest absolute Gasteiger partial charge is 0.339 e. The summed E-state index contributed by atoms with van der Waals surface area (Å²) in [4.78, 5) is 15.2. The maximum atomic E-state index is 13.1. The molecule has 3 rings (SSSR count). The number of tetrazole rings is 1. The highest BCUT2D eigenvalue weighted by Gasteiger charge is 2.34. The molecule has 0 saturated heterocycles. The summed E-state index contributed by atoms with van der Waals surface area (Å²) in [5.41, 5.74) is 0. The fourth-order valence-corrected chi connectivity index (χ4v) is 3.78. The minimum atomic E-state index is -0.149. The quantitative estimate of drug-likeness (QED) is 0.855. The highest BCUT2D eigenvalue weighted by Crippen LogP contribution is 2.29. The summed E-state index contributed by atoms with van der Waals surface area (Å²) in [6.07, 6.45) is 9.09. The lowest BCUT2D eigenvalue weighted by Crippen LogP contribution is -2.44. The van der Waals surface area contributed by atoms with Gasteiger partial charge in [-0.25, -0.2) is 4.68 Å². The van der Waals surface area contributed by atoms with Crippen molar-refractivity contribution in [1.29, 1.82) is 0 Å². The van der Waals surface area contributed by atoms with E-state index in [2.05, 4.69) is 27.3 Å². The molecule has 116 valence electrons. The average Bonchev–Trinajstić information content (AvgIpc) is 2.88. The maximum absolute atomic E-state index is 13.1. The van der Waals surface area contributed by atoms with Gasteiger partial charge in [0.05, 0.1) is 5.92 Å². The second-order valence-corrected chi connectivity index (χ2v) is 6.22. The Balaban J connectivity index is 1.79. The van der Waals surface area contributed by atoms with E-state index in [4.69, 9.17) is 0 Å². The number of fused-ring (bicyclic) bond motifs is 1.